The summed E-state index contributed by atoms with van der Waals surface area (Å²) in [4.78, 5) is 19.1. The number of aromatic nitrogens is 1. The first-order valence-corrected chi connectivity index (χ1v) is 11.1. The average Bonchev–Trinajstić information content (AvgIpc) is 2.67. The van der Waals surface area contributed by atoms with Crippen molar-refractivity contribution in [3.05, 3.63) is 59.9 Å². The fourth-order valence-corrected chi connectivity index (χ4v) is 3.93. The Morgan fingerprint density at radius 2 is 1.90 bits per heavy atom. The number of carbonyl (C=O) groups is 1. The number of rotatable bonds is 5. The molecule has 8 heteroatoms. The van der Waals surface area contributed by atoms with Crippen LogP contribution in [0.3, 0.4) is 0 Å². The summed E-state index contributed by atoms with van der Waals surface area (Å²) >= 11 is -2.32. The molecule has 0 aliphatic heterocycles. The smallest absolute Gasteiger partial charge is 0.414 e. The lowest BCUT2D eigenvalue weighted by atomic mass is 9.99. The molecule has 0 radical (unpaired) electrons. The molecule has 164 valence electrons. The van der Waals surface area contributed by atoms with E-state index in [-0.39, 0.29) is 12.4 Å². The van der Waals surface area contributed by atoms with Gasteiger partial charge in [-0.2, -0.15) is 0 Å². The predicted molar refractivity (Wildman–Crippen MR) is 119 cm³/mol. The van der Waals surface area contributed by atoms with Gasteiger partial charge in [-0.25, -0.2) is 14.2 Å². The SMILES string of the molecule is CCOC(=O)N(c1cc2ccc(F)cc2nc1-c1ccccc1CS(=O)[O-])C(C)(C)C. The van der Waals surface area contributed by atoms with Gasteiger partial charge in [0.25, 0.3) is 0 Å². The third kappa shape index (κ3) is 5.08. The summed E-state index contributed by atoms with van der Waals surface area (Å²) in [6.07, 6.45) is -0.551. The van der Waals surface area contributed by atoms with Crippen LogP contribution in [-0.2, 0) is 21.6 Å². The molecule has 1 atom stereocenters. The molecule has 1 heterocycles. The number of fused-ring (bicyclic) bond motifs is 1. The van der Waals surface area contributed by atoms with E-state index in [1.807, 2.05) is 20.8 Å². The minimum atomic E-state index is -2.32. The van der Waals surface area contributed by atoms with E-state index in [2.05, 4.69) is 4.98 Å². The van der Waals surface area contributed by atoms with Crippen molar-refractivity contribution >= 4 is 33.8 Å². The lowest BCUT2D eigenvalue weighted by Crippen LogP contribution is -2.46. The van der Waals surface area contributed by atoms with E-state index in [0.717, 1.165) is 0 Å². The van der Waals surface area contributed by atoms with Crippen LogP contribution in [0.5, 0.6) is 0 Å². The van der Waals surface area contributed by atoms with Gasteiger partial charge in [0.2, 0.25) is 0 Å². The summed E-state index contributed by atoms with van der Waals surface area (Å²) in [6, 6.07) is 12.9. The second-order valence-electron chi connectivity index (χ2n) is 8.00. The third-order valence-corrected chi connectivity index (χ3v) is 5.21. The number of halogens is 1. The number of hydrogen-bond acceptors (Lipinski definition) is 5. The van der Waals surface area contributed by atoms with E-state index < -0.39 is 28.5 Å². The summed E-state index contributed by atoms with van der Waals surface area (Å²) in [7, 11) is 0. The van der Waals surface area contributed by atoms with Gasteiger partial charge in [0.1, 0.15) is 5.82 Å². The molecule has 2 aromatic carbocycles. The number of amides is 1. The van der Waals surface area contributed by atoms with Gasteiger partial charge in [-0.15, -0.1) is 0 Å². The standard InChI is InChI=1S/C23H25FN2O4S/c1-5-30-22(27)26(23(2,3)4)20-12-15-10-11-17(24)13-19(15)25-21(20)18-9-7-6-8-16(18)14-31(28)29/h6-13H,5,14H2,1-4H3,(H,28,29)/p-1. The second kappa shape index (κ2) is 9.11. The number of ether oxygens (including phenoxy) is 1. The van der Waals surface area contributed by atoms with Crippen molar-refractivity contribution in [2.45, 2.75) is 39.0 Å². The predicted octanol–water partition coefficient (Wildman–Crippen LogP) is 5.18. The van der Waals surface area contributed by atoms with Gasteiger partial charge in [0, 0.05) is 28.3 Å². The van der Waals surface area contributed by atoms with Gasteiger partial charge in [-0.05, 0) is 51.5 Å². The number of hydrogen-bond donors (Lipinski definition) is 0. The van der Waals surface area contributed by atoms with Crippen LogP contribution in [0.15, 0.2) is 48.5 Å². The van der Waals surface area contributed by atoms with Crippen molar-refractivity contribution in [2.75, 3.05) is 11.5 Å². The van der Waals surface area contributed by atoms with Crippen molar-refractivity contribution in [1.82, 2.24) is 4.98 Å². The largest absolute Gasteiger partial charge is 0.772 e. The molecule has 1 aromatic heterocycles. The summed E-state index contributed by atoms with van der Waals surface area (Å²) in [5, 5.41) is 0.642. The van der Waals surface area contributed by atoms with Gasteiger partial charge < -0.3 is 9.29 Å². The van der Waals surface area contributed by atoms with Crippen molar-refractivity contribution in [1.29, 1.82) is 0 Å². The lowest BCUT2D eigenvalue weighted by Gasteiger charge is -2.36. The first kappa shape index (κ1) is 22.8. The molecule has 6 nitrogen and oxygen atoms in total. The molecule has 0 fully saturated rings. The van der Waals surface area contributed by atoms with Crippen molar-refractivity contribution < 1.29 is 22.7 Å². The van der Waals surface area contributed by atoms with Gasteiger partial charge >= 0.3 is 6.09 Å². The first-order chi connectivity index (χ1) is 14.6. The molecular formula is C23H24FN2O4S-. The molecule has 0 spiro atoms. The minimum absolute atomic E-state index is 0.193. The zero-order valence-electron chi connectivity index (χ0n) is 17.8. The van der Waals surface area contributed by atoms with Gasteiger partial charge in [0.05, 0.1) is 23.5 Å². The highest BCUT2D eigenvalue weighted by molar-refractivity contribution is 7.78. The molecule has 0 saturated carbocycles. The lowest BCUT2D eigenvalue weighted by molar-refractivity contribution is 0.154. The summed E-state index contributed by atoms with van der Waals surface area (Å²) in [6.45, 7) is 7.50. The summed E-state index contributed by atoms with van der Waals surface area (Å²) in [5.74, 6) is -0.654. The summed E-state index contributed by atoms with van der Waals surface area (Å²) < 4.78 is 42.0. The molecule has 0 bridgehead atoms. The Kier molecular flexibility index (Phi) is 6.71. The Labute approximate surface area is 183 Å². The van der Waals surface area contributed by atoms with E-state index >= 15 is 0 Å². The molecule has 0 aliphatic rings. The minimum Gasteiger partial charge on any atom is -0.772 e. The van der Waals surface area contributed by atoms with E-state index in [1.54, 1.807) is 43.3 Å². The number of anilines is 1. The van der Waals surface area contributed by atoms with Crippen LogP contribution in [0.4, 0.5) is 14.9 Å². The number of pyridine rings is 1. The normalized spacial score (nSPS) is 12.6. The number of benzene rings is 2. The molecule has 0 aliphatic carbocycles. The van der Waals surface area contributed by atoms with Crippen LogP contribution in [0, 0.1) is 5.82 Å². The van der Waals surface area contributed by atoms with Crippen LogP contribution in [-0.4, -0.2) is 32.0 Å². The zero-order chi connectivity index (χ0) is 22.8. The van der Waals surface area contributed by atoms with Gasteiger partial charge in [0.15, 0.2) is 0 Å². The maximum atomic E-state index is 13.9. The quantitative estimate of drug-likeness (QED) is 0.507. The molecule has 3 rings (SSSR count). The van der Waals surface area contributed by atoms with Crippen LogP contribution in [0.1, 0.15) is 33.3 Å². The third-order valence-electron chi connectivity index (χ3n) is 4.67. The van der Waals surface area contributed by atoms with Gasteiger partial charge in [-0.3, -0.25) is 9.11 Å². The van der Waals surface area contributed by atoms with E-state index in [0.29, 0.717) is 33.4 Å². The van der Waals surface area contributed by atoms with Crippen LogP contribution in [0.2, 0.25) is 0 Å². The topological polar surface area (TPSA) is 82.6 Å². The molecule has 31 heavy (non-hydrogen) atoms. The molecular weight excluding hydrogens is 419 g/mol. The molecule has 1 unspecified atom stereocenters. The average molecular weight is 444 g/mol. The fraction of sp³-hybridized carbons (Fsp3) is 0.304. The number of carbonyl (C=O) groups excluding carboxylic acids is 1. The van der Waals surface area contributed by atoms with E-state index in [1.165, 1.54) is 17.0 Å². The van der Waals surface area contributed by atoms with E-state index in [9.17, 15) is 17.9 Å². The Hall–Kier alpha value is -2.84. The highest BCUT2D eigenvalue weighted by Gasteiger charge is 2.32. The Bertz CT molecular complexity index is 1140. The molecule has 3 aromatic rings. The highest BCUT2D eigenvalue weighted by Crippen LogP contribution is 2.38. The van der Waals surface area contributed by atoms with E-state index in [4.69, 9.17) is 4.74 Å². The maximum absolute atomic E-state index is 13.9. The van der Waals surface area contributed by atoms with Crippen molar-refractivity contribution in [2.24, 2.45) is 0 Å². The zero-order valence-corrected chi connectivity index (χ0v) is 18.7. The van der Waals surface area contributed by atoms with Crippen LogP contribution >= 0.6 is 0 Å². The van der Waals surface area contributed by atoms with Crippen LogP contribution < -0.4 is 4.90 Å². The fourth-order valence-electron chi connectivity index (χ4n) is 3.42. The number of nitrogens with zero attached hydrogens (tertiary/aromatic N) is 2. The highest BCUT2D eigenvalue weighted by atomic mass is 32.2. The monoisotopic (exact) mass is 443 g/mol. The van der Waals surface area contributed by atoms with Crippen molar-refractivity contribution in [3.63, 3.8) is 0 Å². The Morgan fingerprint density at radius 1 is 1.19 bits per heavy atom. The first-order valence-electron chi connectivity index (χ1n) is 9.83. The van der Waals surface area contributed by atoms with Crippen LogP contribution in [0.25, 0.3) is 22.2 Å². The molecule has 1 amide bonds. The summed E-state index contributed by atoms with van der Waals surface area (Å²) in [5.41, 5.74) is 1.63. The molecule has 0 saturated heterocycles. The Morgan fingerprint density at radius 3 is 2.55 bits per heavy atom. The van der Waals surface area contributed by atoms with Crippen molar-refractivity contribution in [3.8, 4) is 11.3 Å². The molecule has 0 N–H and O–H groups in total. The maximum Gasteiger partial charge on any atom is 0.414 e. The second-order valence-corrected chi connectivity index (χ2v) is 8.90. The van der Waals surface area contributed by atoms with Gasteiger partial charge in [-0.1, -0.05) is 35.3 Å². The Balaban J connectivity index is 2.36.